The van der Waals surface area contributed by atoms with E-state index in [1.165, 1.54) is 25.1 Å². The maximum absolute atomic E-state index is 12.8. The number of amides is 3. The highest BCUT2D eigenvalue weighted by Gasteiger charge is 2.48. The van der Waals surface area contributed by atoms with Gasteiger partial charge in [-0.05, 0) is 49.2 Å². The van der Waals surface area contributed by atoms with Gasteiger partial charge in [-0.1, -0.05) is 12.2 Å². The van der Waals surface area contributed by atoms with E-state index in [1.54, 1.807) is 24.3 Å². The molecule has 1 heterocycles. The molecule has 2 N–H and O–H groups in total. The van der Waals surface area contributed by atoms with Gasteiger partial charge >= 0.3 is 0 Å². The van der Waals surface area contributed by atoms with Gasteiger partial charge in [0.15, 0.2) is 0 Å². The first kappa shape index (κ1) is 20.3. The topological polar surface area (TPSA) is 122 Å². The number of anilines is 4. The van der Waals surface area contributed by atoms with Gasteiger partial charge in [0.25, 0.3) is 5.69 Å². The number of benzene rings is 2. The summed E-state index contributed by atoms with van der Waals surface area (Å²) in [6, 6.07) is 10.9. The summed E-state index contributed by atoms with van der Waals surface area (Å²) in [5, 5.41) is 17.3. The second kappa shape index (κ2) is 8.02. The number of hydrogen-bond acceptors (Lipinski definition) is 6. The minimum absolute atomic E-state index is 0.197. The van der Waals surface area contributed by atoms with Crippen LogP contribution in [0.5, 0.6) is 0 Å². The number of rotatable bonds is 5. The van der Waals surface area contributed by atoms with Crippen LogP contribution in [0, 0.1) is 22.0 Å². The fraction of sp³-hybridized carbons (Fsp3) is 0.227. The third-order valence-electron chi connectivity index (χ3n) is 5.43. The zero-order valence-corrected chi connectivity index (χ0v) is 16.7. The van der Waals surface area contributed by atoms with Crippen LogP contribution in [-0.2, 0) is 14.4 Å². The van der Waals surface area contributed by atoms with Crippen LogP contribution in [0.1, 0.15) is 19.8 Å². The van der Waals surface area contributed by atoms with Crippen LogP contribution in [0.2, 0.25) is 0 Å². The van der Waals surface area contributed by atoms with E-state index in [0.29, 0.717) is 24.2 Å². The Morgan fingerprint density at radius 3 is 2.13 bits per heavy atom. The molecule has 2 aromatic rings. The lowest BCUT2D eigenvalue weighted by atomic mass is 9.85. The molecule has 2 aliphatic rings. The van der Waals surface area contributed by atoms with E-state index >= 15 is 0 Å². The van der Waals surface area contributed by atoms with Crippen LogP contribution in [0.25, 0.3) is 0 Å². The van der Waals surface area contributed by atoms with Gasteiger partial charge in [0.05, 0.1) is 22.4 Å². The highest BCUT2D eigenvalue weighted by molar-refractivity contribution is 6.22. The molecular weight excluding hydrogens is 400 g/mol. The predicted octanol–water partition coefficient (Wildman–Crippen LogP) is 3.75. The summed E-state index contributed by atoms with van der Waals surface area (Å²) < 4.78 is 0. The van der Waals surface area contributed by atoms with E-state index in [0.717, 1.165) is 4.90 Å². The van der Waals surface area contributed by atoms with Gasteiger partial charge in [0, 0.05) is 24.4 Å². The zero-order valence-electron chi connectivity index (χ0n) is 16.7. The summed E-state index contributed by atoms with van der Waals surface area (Å²) in [5.41, 5.74) is 1.35. The number of nitrogens with one attached hydrogen (secondary N) is 2. The standard InChI is InChI=1S/C22H20N4O5/c1-13(27)23-14-6-8-15(9-7-14)24-19-11-10-16(12-20(19)26(30)31)25-21(28)17-4-2-3-5-18(17)22(25)29/h2-3,6-12,17-18,24H,4-5H2,1H3,(H,23,27)/t17-,18-/m1/s1. The van der Waals surface area contributed by atoms with Crippen molar-refractivity contribution in [3.8, 4) is 0 Å². The van der Waals surface area contributed by atoms with Crippen LogP contribution in [-0.4, -0.2) is 22.6 Å². The Bertz CT molecular complexity index is 1080. The number of allylic oxidation sites excluding steroid dienone is 2. The lowest BCUT2D eigenvalue weighted by molar-refractivity contribution is -0.383. The van der Waals surface area contributed by atoms with E-state index in [-0.39, 0.29) is 34.8 Å². The Kier molecular flexibility index (Phi) is 5.24. The number of nitro benzene ring substituents is 1. The number of hydrogen-bond donors (Lipinski definition) is 2. The molecule has 0 unspecified atom stereocenters. The highest BCUT2D eigenvalue weighted by atomic mass is 16.6. The molecule has 3 amide bonds. The van der Waals surface area contributed by atoms with E-state index in [2.05, 4.69) is 10.6 Å². The molecule has 9 heteroatoms. The first-order valence-electron chi connectivity index (χ1n) is 9.81. The molecule has 1 aliphatic carbocycles. The molecule has 158 valence electrons. The van der Waals surface area contributed by atoms with Crippen LogP contribution in [0.4, 0.5) is 28.4 Å². The summed E-state index contributed by atoms with van der Waals surface area (Å²) in [6.07, 6.45) is 4.79. The third kappa shape index (κ3) is 3.89. The highest BCUT2D eigenvalue weighted by Crippen LogP contribution is 2.40. The van der Waals surface area contributed by atoms with Crippen LogP contribution >= 0.6 is 0 Å². The second-order valence-corrected chi connectivity index (χ2v) is 7.51. The summed E-state index contributed by atoms with van der Waals surface area (Å²) in [5.74, 6) is -1.65. The molecule has 0 spiro atoms. The smallest absolute Gasteiger partial charge is 0.294 e. The van der Waals surface area contributed by atoms with Gasteiger partial charge in [0.2, 0.25) is 17.7 Å². The van der Waals surface area contributed by atoms with Crippen molar-refractivity contribution in [2.45, 2.75) is 19.8 Å². The first-order valence-corrected chi connectivity index (χ1v) is 9.81. The Balaban J connectivity index is 1.60. The molecular formula is C22H20N4O5. The maximum Gasteiger partial charge on any atom is 0.294 e. The van der Waals surface area contributed by atoms with Gasteiger partial charge in [-0.25, -0.2) is 4.90 Å². The SMILES string of the molecule is CC(=O)Nc1ccc(Nc2ccc(N3C(=O)[C@@H]4CC=CC[C@H]4C3=O)cc2[N+](=O)[O-])cc1. The van der Waals surface area contributed by atoms with Crippen molar-refractivity contribution in [2.24, 2.45) is 11.8 Å². The molecule has 1 aliphatic heterocycles. The molecule has 0 radical (unpaired) electrons. The average molecular weight is 420 g/mol. The Morgan fingerprint density at radius 2 is 1.58 bits per heavy atom. The fourth-order valence-electron chi connectivity index (χ4n) is 3.97. The zero-order chi connectivity index (χ0) is 22.1. The molecule has 1 saturated heterocycles. The quantitative estimate of drug-likeness (QED) is 0.329. The maximum atomic E-state index is 12.8. The van der Waals surface area contributed by atoms with Gasteiger partial charge < -0.3 is 10.6 Å². The summed E-state index contributed by atoms with van der Waals surface area (Å²) in [6.45, 7) is 1.40. The van der Waals surface area contributed by atoms with Crippen molar-refractivity contribution >= 4 is 46.2 Å². The third-order valence-corrected chi connectivity index (χ3v) is 5.43. The number of nitrogens with zero attached hydrogens (tertiary/aromatic N) is 2. The molecule has 0 saturated carbocycles. The van der Waals surface area contributed by atoms with E-state index < -0.39 is 16.8 Å². The minimum atomic E-state index is -0.558. The largest absolute Gasteiger partial charge is 0.350 e. The van der Waals surface area contributed by atoms with Crippen molar-refractivity contribution in [2.75, 3.05) is 15.5 Å². The minimum Gasteiger partial charge on any atom is -0.350 e. The van der Waals surface area contributed by atoms with Crippen molar-refractivity contribution < 1.29 is 19.3 Å². The van der Waals surface area contributed by atoms with Gasteiger partial charge in [-0.2, -0.15) is 0 Å². The summed E-state index contributed by atoms with van der Waals surface area (Å²) in [7, 11) is 0. The molecule has 31 heavy (non-hydrogen) atoms. The summed E-state index contributed by atoms with van der Waals surface area (Å²) in [4.78, 5) is 48.9. The first-order chi connectivity index (χ1) is 14.8. The molecule has 2 aromatic carbocycles. The molecule has 9 nitrogen and oxygen atoms in total. The van der Waals surface area contributed by atoms with Crippen molar-refractivity contribution in [1.29, 1.82) is 0 Å². The Hall–Kier alpha value is -4.01. The number of carbonyl (C=O) groups is 3. The number of fused-ring (bicyclic) bond motifs is 1. The van der Waals surface area contributed by atoms with E-state index in [1.807, 2.05) is 12.2 Å². The van der Waals surface area contributed by atoms with Crippen LogP contribution in [0.3, 0.4) is 0 Å². The normalized spacial score (nSPS) is 19.8. The lowest BCUT2D eigenvalue weighted by Crippen LogP contribution is -2.30. The molecule has 0 aromatic heterocycles. The number of carbonyl (C=O) groups excluding carboxylic acids is 3. The fourth-order valence-corrected chi connectivity index (χ4v) is 3.97. The summed E-state index contributed by atoms with van der Waals surface area (Å²) >= 11 is 0. The lowest BCUT2D eigenvalue weighted by Gasteiger charge is -2.16. The monoisotopic (exact) mass is 420 g/mol. The van der Waals surface area contributed by atoms with Crippen LogP contribution < -0.4 is 15.5 Å². The van der Waals surface area contributed by atoms with Gasteiger partial charge in [0.1, 0.15) is 5.69 Å². The average Bonchev–Trinajstić information content (AvgIpc) is 3.00. The molecule has 2 atom stereocenters. The van der Waals surface area contributed by atoms with E-state index in [9.17, 15) is 24.5 Å². The molecule has 0 bridgehead atoms. The second-order valence-electron chi connectivity index (χ2n) is 7.51. The number of imide groups is 1. The Labute approximate surface area is 177 Å². The van der Waals surface area contributed by atoms with Crippen molar-refractivity contribution in [1.82, 2.24) is 0 Å². The Morgan fingerprint density at radius 1 is 1.00 bits per heavy atom. The van der Waals surface area contributed by atoms with Gasteiger partial charge in [-0.3, -0.25) is 24.5 Å². The molecule has 4 rings (SSSR count). The number of nitro groups is 1. The van der Waals surface area contributed by atoms with Crippen molar-refractivity contribution in [3.63, 3.8) is 0 Å². The van der Waals surface area contributed by atoms with E-state index in [4.69, 9.17) is 0 Å². The molecule has 1 fully saturated rings. The van der Waals surface area contributed by atoms with Crippen molar-refractivity contribution in [3.05, 3.63) is 64.7 Å². The van der Waals surface area contributed by atoms with Crippen LogP contribution in [0.15, 0.2) is 54.6 Å². The van der Waals surface area contributed by atoms with Gasteiger partial charge in [-0.15, -0.1) is 0 Å². The predicted molar refractivity (Wildman–Crippen MR) is 115 cm³/mol.